The number of nitrogens with one attached hydrogen (secondary N) is 1. The Bertz CT molecular complexity index is 318. The molecule has 0 spiro atoms. The lowest BCUT2D eigenvalue weighted by Crippen LogP contribution is -2.31. The van der Waals surface area contributed by atoms with E-state index in [4.69, 9.17) is 0 Å². The summed E-state index contributed by atoms with van der Waals surface area (Å²) in [4.78, 5) is 0. The van der Waals surface area contributed by atoms with Crippen LogP contribution in [-0.4, -0.2) is 27.6 Å². The zero-order chi connectivity index (χ0) is 12.1. The molecule has 4 nitrogen and oxygen atoms in total. The van der Waals surface area contributed by atoms with Crippen LogP contribution in [0.25, 0.3) is 0 Å². The van der Waals surface area contributed by atoms with Gasteiger partial charge in [-0.15, -0.1) is 5.10 Å². The summed E-state index contributed by atoms with van der Waals surface area (Å²) in [7, 11) is 0. The van der Waals surface area contributed by atoms with Crippen molar-refractivity contribution in [2.24, 2.45) is 5.41 Å². The van der Waals surface area contributed by atoms with Gasteiger partial charge in [-0.05, 0) is 31.1 Å². The van der Waals surface area contributed by atoms with E-state index in [9.17, 15) is 0 Å². The van der Waals surface area contributed by atoms with Gasteiger partial charge in [0.25, 0.3) is 0 Å². The first-order valence-corrected chi connectivity index (χ1v) is 6.73. The standard InChI is InChI=1S/C13H24N4/c1-13(2)6-3-4-12(5-7-13)14-8-10-17-11-9-15-16-17/h9,11-12,14H,3-8,10H2,1-2H3. The fourth-order valence-corrected chi connectivity index (χ4v) is 2.60. The minimum absolute atomic E-state index is 0.544. The summed E-state index contributed by atoms with van der Waals surface area (Å²) in [6, 6.07) is 0.695. The van der Waals surface area contributed by atoms with Crippen molar-refractivity contribution in [1.82, 2.24) is 20.3 Å². The van der Waals surface area contributed by atoms with Crippen molar-refractivity contribution in [3.05, 3.63) is 12.4 Å². The predicted molar refractivity (Wildman–Crippen MR) is 68.7 cm³/mol. The smallest absolute Gasteiger partial charge is 0.0692 e. The van der Waals surface area contributed by atoms with E-state index >= 15 is 0 Å². The van der Waals surface area contributed by atoms with Gasteiger partial charge in [0.15, 0.2) is 0 Å². The molecule has 0 amide bonds. The molecule has 1 aliphatic carbocycles. The molecule has 0 bridgehead atoms. The molecule has 1 aliphatic rings. The van der Waals surface area contributed by atoms with Crippen LogP contribution in [0.4, 0.5) is 0 Å². The van der Waals surface area contributed by atoms with E-state index < -0.39 is 0 Å². The lowest BCUT2D eigenvalue weighted by molar-refractivity contribution is 0.309. The highest BCUT2D eigenvalue weighted by molar-refractivity contribution is 4.79. The molecule has 0 saturated heterocycles. The fraction of sp³-hybridized carbons (Fsp3) is 0.846. The van der Waals surface area contributed by atoms with Crippen molar-refractivity contribution in [1.29, 1.82) is 0 Å². The van der Waals surface area contributed by atoms with Crippen LogP contribution in [0, 0.1) is 5.41 Å². The summed E-state index contributed by atoms with van der Waals surface area (Å²) in [5.74, 6) is 0. The number of aromatic nitrogens is 3. The van der Waals surface area contributed by atoms with E-state index in [0.29, 0.717) is 11.5 Å². The van der Waals surface area contributed by atoms with Crippen LogP contribution in [0.5, 0.6) is 0 Å². The molecule has 1 N–H and O–H groups in total. The van der Waals surface area contributed by atoms with Gasteiger partial charge in [-0.25, -0.2) is 0 Å². The fourth-order valence-electron chi connectivity index (χ4n) is 2.60. The highest BCUT2D eigenvalue weighted by Crippen LogP contribution is 2.33. The molecule has 17 heavy (non-hydrogen) atoms. The van der Waals surface area contributed by atoms with Crippen molar-refractivity contribution in [2.45, 2.75) is 58.5 Å². The molecule has 1 saturated carbocycles. The minimum atomic E-state index is 0.544. The third kappa shape index (κ3) is 4.11. The van der Waals surface area contributed by atoms with Gasteiger partial charge in [0.05, 0.1) is 12.7 Å². The average Bonchev–Trinajstić information content (AvgIpc) is 2.72. The normalized spacial score (nSPS) is 24.5. The summed E-state index contributed by atoms with van der Waals surface area (Å²) in [6.07, 6.45) is 10.3. The van der Waals surface area contributed by atoms with Crippen LogP contribution in [0.3, 0.4) is 0 Å². The molecular formula is C13H24N4. The van der Waals surface area contributed by atoms with Crippen LogP contribution < -0.4 is 5.32 Å². The van der Waals surface area contributed by atoms with Gasteiger partial charge in [-0.1, -0.05) is 25.5 Å². The van der Waals surface area contributed by atoms with Crippen molar-refractivity contribution >= 4 is 0 Å². The minimum Gasteiger partial charge on any atom is -0.312 e. The molecule has 1 heterocycles. The molecule has 0 aromatic carbocycles. The summed E-state index contributed by atoms with van der Waals surface area (Å²) in [6.45, 7) is 6.70. The second kappa shape index (κ2) is 5.63. The van der Waals surface area contributed by atoms with Gasteiger partial charge in [0.1, 0.15) is 0 Å². The summed E-state index contributed by atoms with van der Waals surface area (Å²) in [5, 5.41) is 11.4. The van der Waals surface area contributed by atoms with E-state index in [1.165, 1.54) is 32.1 Å². The quantitative estimate of drug-likeness (QED) is 0.815. The van der Waals surface area contributed by atoms with Crippen molar-refractivity contribution in [2.75, 3.05) is 6.54 Å². The van der Waals surface area contributed by atoms with Gasteiger partial charge < -0.3 is 5.32 Å². The lowest BCUT2D eigenvalue weighted by Gasteiger charge is -2.22. The zero-order valence-electron chi connectivity index (χ0n) is 11.0. The molecule has 1 atom stereocenters. The highest BCUT2D eigenvalue weighted by Gasteiger charge is 2.23. The first-order valence-electron chi connectivity index (χ1n) is 6.73. The molecule has 1 aromatic heterocycles. The van der Waals surface area contributed by atoms with Crippen LogP contribution >= 0.6 is 0 Å². The molecule has 0 aliphatic heterocycles. The Hall–Kier alpha value is -0.900. The van der Waals surface area contributed by atoms with Crippen molar-refractivity contribution in [3.63, 3.8) is 0 Å². The maximum Gasteiger partial charge on any atom is 0.0692 e. The maximum atomic E-state index is 3.97. The zero-order valence-corrected chi connectivity index (χ0v) is 11.0. The predicted octanol–water partition coefficient (Wildman–Crippen LogP) is 2.23. The van der Waals surface area contributed by atoms with Crippen molar-refractivity contribution in [3.8, 4) is 0 Å². The summed E-state index contributed by atoms with van der Waals surface area (Å²) >= 11 is 0. The Morgan fingerprint density at radius 2 is 2.24 bits per heavy atom. The van der Waals surface area contributed by atoms with E-state index in [-0.39, 0.29) is 0 Å². The Balaban J connectivity index is 1.69. The third-order valence-corrected chi connectivity index (χ3v) is 3.82. The van der Waals surface area contributed by atoms with Gasteiger partial charge in [0.2, 0.25) is 0 Å². The molecule has 1 aromatic rings. The van der Waals surface area contributed by atoms with Crippen LogP contribution in [0.1, 0.15) is 46.0 Å². The first kappa shape index (κ1) is 12.6. The Labute approximate surface area is 104 Å². The number of hydrogen-bond donors (Lipinski definition) is 1. The second-order valence-corrected chi connectivity index (χ2v) is 5.91. The Morgan fingerprint density at radius 3 is 3.00 bits per heavy atom. The van der Waals surface area contributed by atoms with E-state index in [1.807, 2.05) is 10.9 Å². The van der Waals surface area contributed by atoms with Gasteiger partial charge in [0, 0.05) is 18.8 Å². The van der Waals surface area contributed by atoms with Gasteiger partial charge >= 0.3 is 0 Å². The van der Waals surface area contributed by atoms with E-state index in [2.05, 4.69) is 29.5 Å². The van der Waals surface area contributed by atoms with Crippen molar-refractivity contribution < 1.29 is 0 Å². The molecule has 0 radical (unpaired) electrons. The van der Waals surface area contributed by atoms with Gasteiger partial charge in [-0.2, -0.15) is 0 Å². The molecule has 4 heteroatoms. The number of nitrogens with zero attached hydrogens (tertiary/aromatic N) is 3. The summed E-state index contributed by atoms with van der Waals surface area (Å²) in [5.41, 5.74) is 0.544. The maximum absolute atomic E-state index is 3.97. The summed E-state index contributed by atoms with van der Waals surface area (Å²) < 4.78 is 1.88. The SMILES string of the molecule is CC1(C)CCCC(NCCn2ccnn2)CC1. The monoisotopic (exact) mass is 236 g/mol. The van der Waals surface area contributed by atoms with Crippen LogP contribution in [0.15, 0.2) is 12.4 Å². The van der Waals surface area contributed by atoms with Crippen LogP contribution in [-0.2, 0) is 6.54 Å². The molecule has 1 unspecified atom stereocenters. The Morgan fingerprint density at radius 1 is 1.35 bits per heavy atom. The molecule has 1 fully saturated rings. The van der Waals surface area contributed by atoms with Gasteiger partial charge in [-0.3, -0.25) is 4.68 Å². The topological polar surface area (TPSA) is 42.7 Å². The second-order valence-electron chi connectivity index (χ2n) is 5.91. The molecular weight excluding hydrogens is 212 g/mol. The number of hydrogen-bond acceptors (Lipinski definition) is 3. The average molecular weight is 236 g/mol. The molecule has 2 rings (SSSR count). The molecule has 96 valence electrons. The largest absolute Gasteiger partial charge is 0.312 e. The number of rotatable bonds is 4. The van der Waals surface area contributed by atoms with Crippen LogP contribution in [0.2, 0.25) is 0 Å². The van der Waals surface area contributed by atoms with E-state index in [0.717, 1.165) is 13.1 Å². The highest BCUT2D eigenvalue weighted by atomic mass is 15.4. The first-order chi connectivity index (χ1) is 8.16. The lowest BCUT2D eigenvalue weighted by atomic mass is 9.85. The van der Waals surface area contributed by atoms with E-state index in [1.54, 1.807) is 6.20 Å². The Kier molecular flexibility index (Phi) is 4.15. The third-order valence-electron chi connectivity index (χ3n) is 3.82.